The first-order valence-corrected chi connectivity index (χ1v) is 5.70. The number of carbonyl (C=O) groups is 1. The zero-order valence-corrected chi connectivity index (χ0v) is 13.6. The average Bonchev–Trinajstić information content (AvgIpc) is 2.40. The normalized spacial score (nSPS) is 14.2. The molecule has 0 atom stereocenters. The Morgan fingerprint density at radius 1 is 1.42 bits per heavy atom. The Morgan fingerprint density at radius 2 is 2.11 bits per heavy atom. The van der Waals surface area contributed by atoms with E-state index in [9.17, 15) is 4.79 Å². The Kier molecular flexibility index (Phi) is 6.20. The van der Waals surface area contributed by atoms with Gasteiger partial charge in [0.1, 0.15) is 11.8 Å². The SMILES string of the molecule is CN1C(=O)CC[C-]=C1c1ccc(OCC#N)cc1.[Y]. The van der Waals surface area contributed by atoms with Crippen LogP contribution in [-0.4, -0.2) is 24.5 Å². The van der Waals surface area contributed by atoms with Gasteiger partial charge in [0.05, 0.1) is 0 Å². The van der Waals surface area contributed by atoms with E-state index >= 15 is 0 Å². The van der Waals surface area contributed by atoms with Gasteiger partial charge in [-0.1, -0.05) is 0 Å². The van der Waals surface area contributed by atoms with E-state index in [0.717, 1.165) is 11.3 Å². The number of hydrogen-bond donors (Lipinski definition) is 0. The van der Waals surface area contributed by atoms with Gasteiger partial charge >= 0.3 is 0 Å². The third-order valence-corrected chi connectivity index (χ3v) is 2.77. The number of carbonyl (C=O) groups excluding carboxylic acids is 1. The van der Waals surface area contributed by atoms with Gasteiger partial charge < -0.3 is 9.64 Å². The molecule has 2 rings (SSSR count). The molecule has 1 radical (unpaired) electrons. The van der Waals surface area contributed by atoms with Crippen molar-refractivity contribution in [3.8, 4) is 11.8 Å². The van der Waals surface area contributed by atoms with E-state index in [-0.39, 0.29) is 45.2 Å². The zero-order chi connectivity index (χ0) is 13.0. The van der Waals surface area contributed by atoms with E-state index in [0.29, 0.717) is 18.6 Å². The van der Waals surface area contributed by atoms with Crippen molar-refractivity contribution in [2.75, 3.05) is 13.7 Å². The summed E-state index contributed by atoms with van der Waals surface area (Å²) in [5, 5.41) is 8.42. The number of nitrogens with zero attached hydrogens (tertiary/aromatic N) is 2. The van der Waals surface area contributed by atoms with Crippen LogP contribution in [-0.2, 0) is 37.5 Å². The second-order valence-corrected chi connectivity index (χ2v) is 3.95. The molecule has 5 heteroatoms. The molecular formula is C14H13N2O2Y-. The summed E-state index contributed by atoms with van der Waals surface area (Å²) in [5.74, 6) is 0.749. The molecule has 0 bridgehead atoms. The van der Waals surface area contributed by atoms with Gasteiger partial charge in [0, 0.05) is 46.2 Å². The summed E-state index contributed by atoms with van der Waals surface area (Å²) in [4.78, 5) is 13.2. The molecule has 1 aromatic carbocycles. The summed E-state index contributed by atoms with van der Waals surface area (Å²) >= 11 is 0. The van der Waals surface area contributed by atoms with Crippen molar-refractivity contribution in [2.24, 2.45) is 0 Å². The van der Waals surface area contributed by atoms with Gasteiger partial charge in [-0.15, -0.1) is 24.3 Å². The molecule has 1 amide bonds. The Hall–Kier alpha value is -1.18. The first kappa shape index (κ1) is 15.9. The summed E-state index contributed by atoms with van der Waals surface area (Å²) in [6.45, 7) is 0.0343. The molecule has 1 heterocycles. The number of amides is 1. The Balaban J connectivity index is 0.00000180. The summed E-state index contributed by atoms with van der Waals surface area (Å²) in [6.07, 6.45) is 4.38. The monoisotopic (exact) mass is 330 g/mol. The summed E-state index contributed by atoms with van der Waals surface area (Å²) in [7, 11) is 1.75. The fourth-order valence-corrected chi connectivity index (χ4v) is 1.82. The number of allylic oxidation sites excluding steroid dienone is 1. The molecule has 1 aliphatic rings. The van der Waals surface area contributed by atoms with Crippen molar-refractivity contribution >= 4 is 11.6 Å². The fraction of sp³-hybridized carbons (Fsp3) is 0.286. The van der Waals surface area contributed by atoms with E-state index in [1.54, 1.807) is 24.1 Å². The van der Waals surface area contributed by atoms with Crippen LogP contribution in [0.5, 0.6) is 5.75 Å². The van der Waals surface area contributed by atoms with Gasteiger partial charge in [0.15, 0.2) is 6.61 Å². The topological polar surface area (TPSA) is 53.3 Å². The second-order valence-electron chi connectivity index (χ2n) is 3.95. The Morgan fingerprint density at radius 3 is 2.74 bits per heavy atom. The van der Waals surface area contributed by atoms with Crippen LogP contribution in [0.2, 0.25) is 0 Å². The molecule has 19 heavy (non-hydrogen) atoms. The van der Waals surface area contributed by atoms with Gasteiger partial charge in [-0.3, -0.25) is 4.79 Å². The number of benzene rings is 1. The van der Waals surface area contributed by atoms with Gasteiger partial charge in [-0.05, 0) is 12.1 Å². The van der Waals surface area contributed by atoms with E-state index in [1.807, 2.05) is 18.2 Å². The predicted molar refractivity (Wildman–Crippen MR) is 66.2 cm³/mol. The van der Waals surface area contributed by atoms with Crippen LogP contribution in [0.25, 0.3) is 5.70 Å². The third kappa shape index (κ3) is 3.89. The molecule has 0 fully saturated rings. The maximum atomic E-state index is 11.6. The smallest absolute Gasteiger partial charge is 0.222 e. The summed E-state index contributed by atoms with van der Waals surface area (Å²) in [6, 6.07) is 9.22. The fourth-order valence-electron chi connectivity index (χ4n) is 1.82. The molecule has 95 valence electrons. The maximum Gasteiger partial charge on any atom is 0.222 e. The first-order chi connectivity index (χ1) is 8.72. The van der Waals surface area contributed by atoms with Crippen molar-refractivity contribution in [3.63, 3.8) is 0 Å². The molecule has 1 aromatic rings. The van der Waals surface area contributed by atoms with Crippen LogP contribution in [0.4, 0.5) is 0 Å². The average molecular weight is 330 g/mol. The molecule has 0 saturated carbocycles. The van der Waals surface area contributed by atoms with Gasteiger partial charge in [0.25, 0.3) is 0 Å². The minimum absolute atomic E-state index is 0. The molecule has 1 aliphatic heterocycles. The molecule has 0 aliphatic carbocycles. The van der Waals surface area contributed by atoms with Crippen LogP contribution in [0, 0.1) is 17.4 Å². The molecule has 0 spiro atoms. The molecule has 4 nitrogen and oxygen atoms in total. The first-order valence-electron chi connectivity index (χ1n) is 5.70. The van der Waals surface area contributed by atoms with Crippen LogP contribution in [0.15, 0.2) is 24.3 Å². The number of ether oxygens (including phenoxy) is 1. The molecule has 0 saturated heterocycles. The molecule has 0 N–H and O–H groups in total. The predicted octanol–water partition coefficient (Wildman–Crippen LogP) is 1.98. The Bertz CT molecular complexity index is 517. The number of hydrogen-bond acceptors (Lipinski definition) is 3. The molecular weight excluding hydrogens is 317 g/mol. The standard InChI is InChI=1S/C14H13N2O2.Y/c1-16-13(3-2-4-14(16)17)11-5-7-12(8-6-11)18-10-9-15;/h5-8H,2,4,10H2,1H3;/q-1;. The Labute approximate surface area is 137 Å². The van der Waals surface area contributed by atoms with E-state index in [2.05, 4.69) is 6.08 Å². The van der Waals surface area contributed by atoms with Gasteiger partial charge in [0.2, 0.25) is 5.91 Å². The van der Waals surface area contributed by atoms with E-state index in [4.69, 9.17) is 10.00 Å². The number of rotatable bonds is 3. The van der Waals surface area contributed by atoms with Crippen LogP contribution < -0.4 is 4.74 Å². The quantitative estimate of drug-likeness (QED) is 0.797. The summed E-state index contributed by atoms with van der Waals surface area (Å²) < 4.78 is 5.17. The van der Waals surface area contributed by atoms with Crippen molar-refractivity contribution in [2.45, 2.75) is 12.8 Å². The van der Waals surface area contributed by atoms with E-state index in [1.165, 1.54) is 0 Å². The number of nitriles is 1. The van der Waals surface area contributed by atoms with Crippen molar-refractivity contribution < 1.29 is 42.2 Å². The minimum Gasteiger partial charge on any atom is -0.479 e. The van der Waals surface area contributed by atoms with Crippen molar-refractivity contribution in [1.29, 1.82) is 5.26 Å². The molecule has 0 unspecified atom stereocenters. The van der Waals surface area contributed by atoms with Crippen molar-refractivity contribution in [1.82, 2.24) is 4.90 Å². The minimum atomic E-state index is 0. The second kappa shape index (κ2) is 7.42. The summed E-state index contributed by atoms with van der Waals surface area (Å²) in [5.41, 5.74) is 1.73. The van der Waals surface area contributed by atoms with Crippen LogP contribution in [0.1, 0.15) is 18.4 Å². The largest absolute Gasteiger partial charge is 0.479 e. The van der Waals surface area contributed by atoms with Gasteiger partial charge in [-0.2, -0.15) is 10.8 Å². The van der Waals surface area contributed by atoms with Gasteiger partial charge in [-0.25, -0.2) is 6.08 Å². The van der Waals surface area contributed by atoms with E-state index < -0.39 is 0 Å². The van der Waals surface area contributed by atoms with Crippen LogP contribution in [0.3, 0.4) is 0 Å². The van der Waals surface area contributed by atoms with Crippen LogP contribution >= 0.6 is 0 Å². The third-order valence-electron chi connectivity index (χ3n) is 2.77. The molecule has 0 aromatic heterocycles. The maximum absolute atomic E-state index is 11.6. The van der Waals surface area contributed by atoms with Crippen molar-refractivity contribution in [3.05, 3.63) is 35.9 Å². The zero-order valence-electron chi connectivity index (χ0n) is 10.7.